The molecule has 3 heterocycles. The number of fused-ring (bicyclic) bond motifs is 1. The summed E-state index contributed by atoms with van der Waals surface area (Å²) in [6.45, 7) is 17.7. The molecular weight excluding hydrogens is 464 g/mol. The summed E-state index contributed by atoms with van der Waals surface area (Å²) in [5.41, 5.74) is -0.481. The molecule has 1 N–H and O–H groups in total. The lowest BCUT2D eigenvalue weighted by Gasteiger charge is -2.44. The molecule has 2 amide bonds. The molecule has 0 aromatic carbocycles. The molecule has 8 heteroatoms. The van der Waals surface area contributed by atoms with Crippen LogP contribution >= 0.6 is 11.8 Å². The van der Waals surface area contributed by atoms with Gasteiger partial charge < -0.3 is 19.6 Å². The van der Waals surface area contributed by atoms with Crippen LogP contribution in [-0.2, 0) is 19.1 Å². The zero-order valence-corrected chi connectivity index (χ0v) is 22.7. The number of hydrogen-bond donors (Lipinski definition) is 1. The van der Waals surface area contributed by atoms with Crippen LogP contribution in [0.5, 0.6) is 0 Å². The summed E-state index contributed by atoms with van der Waals surface area (Å²) in [6, 6.07) is -1.29. The van der Waals surface area contributed by atoms with Crippen molar-refractivity contribution in [2.24, 2.45) is 17.8 Å². The molecule has 3 rings (SSSR count). The van der Waals surface area contributed by atoms with Gasteiger partial charge in [-0.05, 0) is 59.3 Å². The highest BCUT2D eigenvalue weighted by Crippen LogP contribution is 2.69. The smallest absolute Gasteiger partial charge is 0.310 e. The molecule has 0 radical (unpaired) electrons. The SMILES string of the molecule is C=CCCCCOC(=O)[C@@H]1[C@H]2C(=O)N([C@H](C)CO)C(C(=O)N(CC=C)C(C)(C)C)C23S[C@@H]1CC3C. The first-order chi connectivity index (χ1) is 16.5. The van der Waals surface area contributed by atoms with Crippen molar-refractivity contribution < 1.29 is 24.2 Å². The van der Waals surface area contributed by atoms with Crippen LogP contribution in [0.1, 0.15) is 60.3 Å². The van der Waals surface area contributed by atoms with E-state index in [2.05, 4.69) is 20.1 Å². The Kier molecular flexibility index (Phi) is 8.47. The normalized spacial score (nSPS) is 32.3. The first kappa shape index (κ1) is 27.8. The number of likely N-dealkylation sites (tertiary alicyclic amines) is 1. The van der Waals surface area contributed by atoms with Crippen LogP contribution in [0.4, 0.5) is 0 Å². The van der Waals surface area contributed by atoms with Gasteiger partial charge in [0, 0.05) is 17.3 Å². The van der Waals surface area contributed by atoms with Gasteiger partial charge in [0.1, 0.15) is 6.04 Å². The van der Waals surface area contributed by atoms with Crippen molar-refractivity contribution in [2.75, 3.05) is 19.8 Å². The summed E-state index contributed by atoms with van der Waals surface area (Å²) < 4.78 is 4.93. The zero-order chi connectivity index (χ0) is 26.1. The van der Waals surface area contributed by atoms with Crippen LogP contribution in [0.15, 0.2) is 25.3 Å². The Labute approximate surface area is 214 Å². The van der Waals surface area contributed by atoms with Crippen LogP contribution < -0.4 is 0 Å². The van der Waals surface area contributed by atoms with Crippen LogP contribution in [0, 0.1) is 17.8 Å². The molecule has 3 unspecified atom stereocenters. The summed E-state index contributed by atoms with van der Waals surface area (Å²) in [6.07, 6.45) is 6.81. The van der Waals surface area contributed by atoms with Crippen molar-refractivity contribution in [2.45, 2.75) is 87.9 Å². The number of aliphatic hydroxyl groups is 1. The van der Waals surface area contributed by atoms with Gasteiger partial charge in [-0.1, -0.05) is 19.1 Å². The third-order valence-corrected chi connectivity index (χ3v) is 9.94. The molecule has 0 saturated carbocycles. The standard InChI is InChI=1S/C27H42N2O5S/c1-8-10-11-12-14-34-25(33)20-19-15-17(3)27(35-19)21(20)23(31)29(18(4)16-30)22(27)24(32)28(13-9-2)26(5,6)7/h8-9,17-22,30H,1-2,10-16H2,3-7H3/t17?,18-,19-,20+,21+,22?,27?/m1/s1. The number of unbranched alkanes of at least 4 members (excludes halogenated alkanes) is 2. The van der Waals surface area contributed by atoms with Gasteiger partial charge >= 0.3 is 5.97 Å². The van der Waals surface area contributed by atoms with Crippen LogP contribution in [0.25, 0.3) is 0 Å². The third-order valence-electron chi connectivity index (χ3n) is 7.86. The van der Waals surface area contributed by atoms with Crippen LogP contribution in [-0.4, -0.2) is 80.1 Å². The molecule has 7 nitrogen and oxygen atoms in total. The maximum atomic E-state index is 14.2. The summed E-state index contributed by atoms with van der Waals surface area (Å²) in [4.78, 5) is 44.9. The van der Waals surface area contributed by atoms with E-state index in [1.165, 1.54) is 0 Å². The first-order valence-electron chi connectivity index (χ1n) is 12.8. The van der Waals surface area contributed by atoms with E-state index in [-0.39, 0.29) is 35.6 Å². The number of hydrogen-bond acceptors (Lipinski definition) is 6. The topological polar surface area (TPSA) is 87.1 Å². The number of esters is 1. The molecule has 7 atom stereocenters. The number of aliphatic hydroxyl groups excluding tert-OH is 1. The second-order valence-electron chi connectivity index (χ2n) is 11.2. The number of nitrogens with zero attached hydrogens (tertiary/aromatic N) is 2. The number of carbonyl (C=O) groups excluding carboxylic acids is 3. The number of carbonyl (C=O) groups is 3. The summed E-state index contributed by atoms with van der Waals surface area (Å²) in [5.74, 6) is -1.83. The fourth-order valence-electron chi connectivity index (χ4n) is 6.20. The minimum atomic E-state index is -0.753. The molecule has 35 heavy (non-hydrogen) atoms. The van der Waals surface area contributed by atoms with E-state index in [1.807, 2.05) is 26.8 Å². The molecule has 196 valence electrons. The number of amides is 2. The fraction of sp³-hybridized carbons (Fsp3) is 0.741. The first-order valence-corrected chi connectivity index (χ1v) is 13.7. The molecule has 3 fully saturated rings. The van der Waals surface area contributed by atoms with Gasteiger partial charge in [0.25, 0.3) is 0 Å². The lowest BCUT2D eigenvalue weighted by molar-refractivity contribution is -0.155. The van der Waals surface area contributed by atoms with Gasteiger partial charge in [0.15, 0.2) is 0 Å². The van der Waals surface area contributed by atoms with E-state index in [0.29, 0.717) is 13.2 Å². The van der Waals surface area contributed by atoms with Crippen molar-refractivity contribution in [1.82, 2.24) is 9.80 Å². The highest BCUT2D eigenvalue weighted by molar-refractivity contribution is 8.02. The Morgan fingerprint density at radius 1 is 1.31 bits per heavy atom. The van der Waals surface area contributed by atoms with Gasteiger partial charge in [-0.25, -0.2) is 0 Å². The van der Waals surface area contributed by atoms with Gasteiger partial charge in [-0.2, -0.15) is 0 Å². The molecule has 1 spiro atoms. The molecule has 3 aliphatic rings. The summed E-state index contributed by atoms with van der Waals surface area (Å²) in [7, 11) is 0. The van der Waals surface area contributed by atoms with Gasteiger partial charge in [0.2, 0.25) is 11.8 Å². The Bertz CT molecular complexity index is 855. The van der Waals surface area contributed by atoms with E-state index in [0.717, 1.165) is 25.7 Å². The monoisotopic (exact) mass is 506 g/mol. The van der Waals surface area contributed by atoms with E-state index < -0.39 is 34.2 Å². The van der Waals surface area contributed by atoms with Crippen LogP contribution in [0.2, 0.25) is 0 Å². The summed E-state index contributed by atoms with van der Waals surface area (Å²) in [5, 5.41) is 9.98. The lowest BCUT2D eigenvalue weighted by Crippen LogP contribution is -2.61. The predicted molar refractivity (Wildman–Crippen MR) is 139 cm³/mol. The molecule has 0 aromatic rings. The van der Waals surface area contributed by atoms with E-state index in [9.17, 15) is 19.5 Å². The molecule has 3 saturated heterocycles. The van der Waals surface area contributed by atoms with Crippen molar-refractivity contribution in [3.05, 3.63) is 25.3 Å². The van der Waals surface area contributed by atoms with Crippen molar-refractivity contribution >= 4 is 29.5 Å². The highest BCUT2D eigenvalue weighted by atomic mass is 32.2. The average molecular weight is 507 g/mol. The minimum absolute atomic E-state index is 0.0519. The fourth-order valence-corrected chi connectivity index (χ4v) is 8.59. The second-order valence-corrected chi connectivity index (χ2v) is 12.7. The number of rotatable bonds is 11. The van der Waals surface area contributed by atoms with Crippen molar-refractivity contribution in [3.63, 3.8) is 0 Å². The maximum absolute atomic E-state index is 14.2. The van der Waals surface area contributed by atoms with Gasteiger partial charge in [0.05, 0.1) is 35.8 Å². The van der Waals surface area contributed by atoms with Crippen molar-refractivity contribution in [3.8, 4) is 0 Å². The Morgan fingerprint density at radius 2 is 2.00 bits per heavy atom. The predicted octanol–water partition coefficient (Wildman–Crippen LogP) is 3.42. The number of ether oxygens (including phenoxy) is 1. The van der Waals surface area contributed by atoms with Gasteiger partial charge in [-0.3, -0.25) is 14.4 Å². The highest BCUT2D eigenvalue weighted by Gasteiger charge is 2.77. The van der Waals surface area contributed by atoms with Crippen molar-refractivity contribution in [1.29, 1.82) is 0 Å². The molecule has 2 bridgehead atoms. The van der Waals surface area contributed by atoms with E-state index in [4.69, 9.17) is 4.74 Å². The van der Waals surface area contributed by atoms with E-state index in [1.54, 1.807) is 34.6 Å². The molecular formula is C27H42N2O5S. The number of thioether (sulfide) groups is 1. The quantitative estimate of drug-likeness (QED) is 0.263. The number of allylic oxidation sites excluding steroid dienone is 1. The maximum Gasteiger partial charge on any atom is 0.310 e. The largest absolute Gasteiger partial charge is 0.465 e. The van der Waals surface area contributed by atoms with Crippen LogP contribution in [0.3, 0.4) is 0 Å². The average Bonchev–Trinajstić information content (AvgIpc) is 3.39. The lowest BCUT2D eigenvalue weighted by atomic mass is 9.66. The third kappa shape index (κ3) is 4.68. The summed E-state index contributed by atoms with van der Waals surface area (Å²) >= 11 is 1.63. The zero-order valence-electron chi connectivity index (χ0n) is 21.9. The molecule has 3 aliphatic heterocycles. The Balaban J connectivity index is 1.99. The van der Waals surface area contributed by atoms with E-state index >= 15 is 0 Å². The second kappa shape index (κ2) is 10.7. The Morgan fingerprint density at radius 3 is 2.57 bits per heavy atom. The Hall–Kier alpha value is -1.80. The molecule has 0 aromatic heterocycles. The van der Waals surface area contributed by atoms with Gasteiger partial charge in [-0.15, -0.1) is 24.9 Å². The molecule has 0 aliphatic carbocycles. The minimum Gasteiger partial charge on any atom is -0.465 e.